The van der Waals surface area contributed by atoms with E-state index in [4.69, 9.17) is 15.7 Å². The predicted octanol–water partition coefficient (Wildman–Crippen LogP) is 3.93. The van der Waals surface area contributed by atoms with Gasteiger partial charge >= 0.3 is 0 Å². The van der Waals surface area contributed by atoms with Gasteiger partial charge in [-0.05, 0) is 35.7 Å². The van der Waals surface area contributed by atoms with Crippen LogP contribution in [-0.2, 0) is 4.79 Å². The van der Waals surface area contributed by atoms with Crippen molar-refractivity contribution in [3.63, 3.8) is 0 Å². The smallest absolute Gasteiger partial charge is 0.251 e. The van der Waals surface area contributed by atoms with Gasteiger partial charge in [0, 0.05) is 5.39 Å². The molecule has 0 saturated carbocycles. The molecule has 0 saturated heterocycles. The fourth-order valence-corrected chi connectivity index (χ4v) is 4.92. The van der Waals surface area contributed by atoms with Crippen LogP contribution >= 0.6 is 23.1 Å². The highest BCUT2D eigenvalue weighted by Gasteiger charge is 2.17. The van der Waals surface area contributed by atoms with Crippen LogP contribution in [0, 0.1) is 0 Å². The number of fused-ring (bicyclic) bond motifs is 5. The first-order valence-electron chi connectivity index (χ1n) is 9.08. The van der Waals surface area contributed by atoms with Crippen molar-refractivity contribution in [2.75, 3.05) is 11.1 Å². The second kappa shape index (κ2) is 7.43. The average molecular weight is 434 g/mol. The molecule has 148 valence electrons. The van der Waals surface area contributed by atoms with E-state index in [0.717, 1.165) is 27.6 Å². The SMILES string of the molecule is NC(=O)c1ccsc1NC(=O)CSc1nc2ccccc2c2nc3ccccc3n12. The highest BCUT2D eigenvalue weighted by molar-refractivity contribution is 7.99. The van der Waals surface area contributed by atoms with Crippen molar-refractivity contribution in [2.24, 2.45) is 5.73 Å². The Bertz CT molecular complexity index is 1440. The molecule has 0 aliphatic heterocycles. The highest BCUT2D eigenvalue weighted by Crippen LogP contribution is 2.29. The molecule has 0 bridgehead atoms. The standard InChI is InChI=1S/C21H15N5O2S2/c22-18(28)13-9-10-29-20(13)25-17(27)11-30-21-24-14-6-2-1-5-12(14)19-23-15-7-3-4-8-16(15)26(19)21/h1-10H,11H2,(H2,22,28)(H,25,27). The highest BCUT2D eigenvalue weighted by atomic mass is 32.2. The van der Waals surface area contributed by atoms with E-state index in [1.807, 2.05) is 52.9 Å². The van der Waals surface area contributed by atoms with Crippen molar-refractivity contribution in [3.05, 3.63) is 65.5 Å². The molecule has 2 aromatic carbocycles. The van der Waals surface area contributed by atoms with Gasteiger partial charge in [0.2, 0.25) is 5.91 Å². The van der Waals surface area contributed by atoms with Gasteiger partial charge in [0.25, 0.3) is 5.91 Å². The van der Waals surface area contributed by atoms with Crippen molar-refractivity contribution in [1.29, 1.82) is 0 Å². The number of carbonyl (C=O) groups is 2. The summed E-state index contributed by atoms with van der Waals surface area (Å²) in [6.45, 7) is 0. The zero-order chi connectivity index (χ0) is 20.7. The molecule has 30 heavy (non-hydrogen) atoms. The number of para-hydroxylation sites is 3. The van der Waals surface area contributed by atoms with E-state index in [9.17, 15) is 9.59 Å². The summed E-state index contributed by atoms with van der Waals surface area (Å²) in [7, 11) is 0. The third kappa shape index (κ3) is 3.17. The number of benzene rings is 2. The van der Waals surface area contributed by atoms with Crippen molar-refractivity contribution in [1.82, 2.24) is 14.4 Å². The first-order valence-corrected chi connectivity index (χ1v) is 10.9. The summed E-state index contributed by atoms with van der Waals surface area (Å²) in [5, 5.41) is 6.56. The molecular formula is C21H15N5O2S2. The first-order chi connectivity index (χ1) is 14.6. The maximum atomic E-state index is 12.5. The number of nitrogens with two attached hydrogens (primary N) is 1. The largest absolute Gasteiger partial charge is 0.366 e. The summed E-state index contributed by atoms with van der Waals surface area (Å²) in [4.78, 5) is 33.5. The van der Waals surface area contributed by atoms with Crippen LogP contribution < -0.4 is 11.1 Å². The van der Waals surface area contributed by atoms with Gasteiger partial charge in [-0.15, -0.1) is 11.3 Å². The Hall–Kier alpha value is -3.43. The number of nitrogens with one attached hydrogen (secondary N) is 1. The molecule has 5 aromatic rings. The second-order valence-electron chi connectivity index (χ2n) is 6.54. The van der Waals surface area contributed by atoms with Crippen LogP contribution in [0.2, 0.25) is 0 Å². The number of amides is 2. The second-order valence-corrected chi connectivity index (χ2v) is 8.39. The quantitative estimate of drug-likeness (QED) is 0.323. The topological polar surface area (TPSA) is 102 Å². The first kappa shape index (κ1) is 18.6. The van der Waals surface area contributed by atoms with Crippen molar-refractivity contribution in [3.8, 4) is 0 Å². The number of aromatic nitrogens is 3. The molecule has 3 heterocycles. The van der Waals surface area contributed by atoms with E-state index in [-0.39, 0.29) is 11.7 Å². The zero-order valence-corrected chi connectivity index (χ0v) is 17.2. The van der Waals surface area contributed by atoms with E-state index in [2.05, 4.69) is 5.32 Å². The Kier molecular flexibility index (Phi) is 4.61. The average Bonchev–Trinajstić information content (AvgIpc) is 3.37. The van der Waals surface area contributed by atoms with Gasteiger partial charge in [-0.3, -0.25) is 14.0 Å². The molecule has 3 N–H and O–H groups in total. The van der Waals surface area contributed by atoms with E-state index in [1.54, 1.807) is 11.4 Å². The lowest BCUT2D eigenvalue weighted by atomic mass is 10.2. The third-order valence-corrected chi connectivity index (χ3v) is 6.40. The monoisotopic (exact) mass is 433 g/mol. The summed E-state index contributed by atoms with van der Waals surface area (Å²) in [6.07, 6.45) is 0. The van der Waals surface area contributed by atoms with Crippen molar-refractivity contribution < 1.29 is 9.59 Å². The number of thiophene rings is 1. The van der Waals surface area contributed by atoms with Gasteiger partial charge in [-0.25, -0.2) is 9.97 Å². The van der Waals surface area contributed by atoms with Crippen LogP contribution in [0.25, 0.3) is 27.6 Å². The normalized spacial score (nSPS) is 11.3. The molecule has 0 unspecified atom stereocenters. The lowest BCUT2D eigenvalue weighted by Gasteiger charge is -2.09. The van der Waals surface area contributed by atoms with Gasteiger partial charge in [0.15, 0.2) is 5.16 Å². The summed E-state index contributed by atoms with van der Waals surface area (Å²) >= 11 is 2.58. The van der Waals surface area contributed by atoms with E-state index < -0.39 is 5.91 Å². The van der Waals surface area contributed by atoms with E-state index in [1.165, 1.54) is 23.1 Å². The lowest BCUT2D eigenvalue weighted by molar-refractivity contribution is -0.113. The number of hydrogen-bond donors (Lipinski definition) is 2. The molecular weight excluding hydrogens is 418 g/mol. The number of carbonyl (C=O) groups excluding carboxylic acids is 2. The van der Waals surface area contributed by atoms with Crippen molar-refractivity contribution >= 4 is 67.5 Å². The Morgan fingerprint density at radius 2 is 1.80 bits per heavy atom. The number of nitrogens with zero attached hydrogens (tertiary/aromatic N) is 3. The van der Waals surface area contributed by atoms with Gasteiger partial charge < -0.3 is 11.1 Å². The molecule has 7 nitrogen and oxygen atoms in total. The van der Waals surface area contributed by atoms with Crippen LogP contribution in [0.5, 0.6) is 0 Å². The van der Waals surface area contributed by atoms with Gasteiger partial charge in [-0.2, -0.15) is 0 Å². The Labute approximate surface area is 178 Å². The molecule has 0 aliphatic carbocycles. The van der Waals surface area contributed by atoms with Crippen LogP contribution in [-0.4, -0.2) is 31.9 Å². The molecule has 0 fully saturated rings. The molecule has 0 aliphatic rings. The number of anilines is 1. The zero-order valence-electron chi connectivity index (χ0n) is 15.5. The lowest BCUT2D eigenvalue weighted by Crippen LogP contribution is -2.18. The molecule has 3 aromatic heterocycles. The predicted molar refractivity (Wildman–Crippen MR) is 120 cm³/mol. The van der Waals surface area contributed by atoms with Gasteiger partial charge in [-0.1, -0.05) is 36.0 Å². The Morgan fingerprint density at radius 1 is 1.03 bits per heavy atom. The number of primary amides is 1. The number of rotatable bonds is 5. The summed E-state index contributed by atoms with van der Waals surface area (Å²) in [6, 6.07) is 17.3. The fraction of sp³-hybridized carbons (Fsp3) is 0.0476. The maximum Gasteiger partial charge on any atom is 0.251 e. The number of thioether (sulfide) groups is 1. The van der Waals surface area contributed by atoms with E-state index in [0.29, 0.717) is 15.7 Å². The van der Waals surface area contributed by atoms with Crippen LogP contribution in [0.3, 0.4) is 0 Å². The fourth-order valence-electron chi connectivity index (χ4n) is 3.30. The number of hydrogen-bond acceptors (Lipinski definition) is 6. The van der Waals surface area contributed by atoms with Crippen LogP contribution in [0.1, 0.15) is 10.4 Å². The van der Waals surface area contributed by atoms with Crippen LogP contribution in [0.4, 0.5) is 5.00 Å². The summed E-state index contributed by atoms with van der Waals surface area (Å²) in [5.41, 5.74) is 9.08. The van der Waals surface area contributed by atoms with Gasteiger partial charge in [0.1, 0.15) is 10.6 Å². The maximum absolute atomic E-state index is 12.5. The number of imidazole rings is 1. The van der Waals surface area contributed by atoms with Crippen molar-refractivity contribution in [2.45, 2.75) is 5.16 Å². The Balaban J connectivity index is 1.51. The minimum Gasteiger partial charge on any atom is -0.366 e. The molecule has 0 atom stereocenters. The molecule has 2 amide bonds. The summed E-state index contributed by atoms with van der Waals surface area (Å²) in [5.74, 6) is -0.678. The molecule has 0 spiro atoms. The molecule has 9 heteroatoms. The minimum absolute atomic E-state index is 0.128. The molecule has 0 radical (unpaired) electrons. The van der Waals surface area contributed by atoms with Crippen LogP contribution in [0.15, 0.2) is 65.1 Å². The minimum atomic E-state index is -0.568. The van der Waals surface area contributed by atoms with Gasteiger partial charge in [0.05, 0.1) is 27.9 Å². The summed E-state index contributed by atoms with van der Waals surface area (Å²) < 4.78 is 1.98. The Morgan fingerprint density at radius 3 is 2.63 bits per heavy atom. The molecule has 5 rings (SSSR count). The third-order valence-electron chi connectivity index (χ3n) is 4.63. The van der Waals surface area contributed by atoms with E-state index >= 15 is 0 Å².